The Bertz CT molecular complexity index is 913. The molecule has 0 aromatic heterocycles. The zero-order valence-corrected chi connectivity index (χ0v) is 15.6. The minimum atomic E-state index is -3.92. The summed E-state index contributed by atoms with van der Waals surface area (Å²) in [6.45, 7) is 2.68. The summed E-state index contributed by atoms with van der Waals surface area (Å²) < 4.78 is 31.1. The van der Waals surface area contributed by atoms with E-state index < -0.39 is 27.9 Å². The molecule has 0 fully saturated rings. The Kier molecular flexibility index (Phi) is 6.23. The molecule has 1 atom stereocenters. The molecule has 0 radical (unpaired) electrons. The number of anilines is 1. The van der Waals surface area contributed by atoms with Crippen molar-refractivity contribution in [3.63, 3.8) is 0 Å². The molecule has 9 heteroatoms. The predicted molar refractivity (Wildman–Crippen MR) is 97.6 cm³/mol. The van der Waals surface area contributed by atoms with Gasteiger partial charge in [0.1, 0.15) is 5.75 Å². The van der Waals surface area contributed by atoms with E-state index in [9.17, 15) is 18.0 Å². The summed E-state index contributed by atoms with van der Waals surface area (Å²) in [5.74, 6) is -0.645. The molecule has 138 valence electrons. The fraction of sp³-hybridized carbons (Fsp3) is 0.176. The summed E-state index contributed by atoms with van der Waals surface area (Å²) in [5.41, 5.74) is 0.387. The molecule has 0 heterocycles. The van der Waals surface area contributed by atoms with E-state index in [1.165, 1.54) is 24.3 Å². The number of hydrogen-bond donors (Lipinski definition) is 2. The number of ether oxygens (including phenoxy) is 1. The Balaban J connectivity index is 2.01. The maximum atomic E-state index is 12.2. The summed E-state index contributed by atoms with van der Waals surface area (Å²) in [6.07, 6.45) is -0.795. The first-order chi connectivity index (χ1) is 12.2. The van der Waals surface area contributed by atoms with Gasteiger partial charge in [-0.15, -0.1) is 0 Å². The number of sulfonamides is 1. The molecule has 0 aliphatic heterocycles. The topological polar surface area (TPSA) is 102 Å². The van der Waals surface area contributed by atoms with Gasteiger partial charge in [-0.3, -0.25) is 9.59 Å². The second-order valence-electron chi connectivity index (χ2n) is 5.39. The number of halogens is 1. The number of amides is 2. The fourth-order valence-electron chi connectivity index (χ4n) is 2.01. The Morgan fingerprint density at radius 2 is 1.77 bits per heavy atom. The second kappa shape index (κ2) is 8.20. The number of benzene rings is 2. The van der Waals surface area contributed by atoms with Crippen LogP contribution in [0.4, 0.5) is 5.69 Å². The summed E-state index contributed by atoms with van der Waals surface area (Å²) >= 11 is 5.86. The van der Waals surface area contributed by atoms with Crippen LogP contribution in [0.15, 0.2) is 53.4 Å². The predicted octanol–water partition coefficient (Wildman–Crippen LogP) is 2.57. The van der Waals surface area contributed by atoms with E-state index >= 15 is 0 Å². The van der Waals surface area contributed by atoms with E-state index in [1.807, 2.05) is 4.72 Å². The average molecular weight is 397 g/mol. The number of hydrogen-bond acceptors (Lipinski definition) is 5. The van der Waals surface area contributed by atoms with E-state index in [1.54, 1.807) is 31.2 Å². The lowest BCUT2D eigenvalue weighted by molar-refractivity contribution is -0.122. The van der Waals surface area contributed by atoms with E-state index in [0.29, 0.717) is 16.5 Å². The molecule has 2 aromatic rings. The molecule has 0 bridgehead atoms. The van der Waals surface area contributed by atoms with Crippen LogP contribution in [0.1, 0.15) is 13.8 Å². The molecule has 2 N–H and O–H groups in total. The zero-order chi connectivity index (χ0) is 19.3. The van der Waals surface area contributed by atoms with Crippen molar-refractivity contribution in [1.29, 1.82) is 0 Å². The minimum Gasteiger partial charge on any atom is -0.481 e. The van der Waals surface area contributed by atoms with Crippen molar-refractivity contribution >= 4 is 39.1 Å². The third kappa shape index (κ3) is 5.47. The molecule has 0 saturated heterocycles. The van der Waals surface area contributed by atoms with Gasteiger partial charge in [-0.2, -0.15) is 0 Å². The Hall–Kier alpha value is -2.58. The van der Waals surface area contributed by atoms with Crippen molar-refractivity contribution in [2.24, 2.45) is 0 Å². The molecular formula is C17H17ClN2O5S. The van der Waals surface area contributed by atoms with E-state index in [-0.39, 0.29) is 4.90 Å². The molecule has 1 unspecified atom stereocenters. The largest absolute Gasteiger partial charge is 0.481 e. The lowest BCUT2D eigenvalue weighted by Gasteiger charge is -2.15. The maximum Gasteiger partial charge on any atom is 0.265 e. The maximum absolute atomic E-state index is 12.2. The summed E-state index contributed by atoms with van der Waals surface area (Å²) in [7, 11) is -3.92. The number of carbonyl (C=O) groups excluding carboxylic acids is 2. The van der Waals surface area contributed by atoms with Gasteiger partial charge >= 0.3 is 0 Å². The van der Waals surface area contributed by atoms with Crippen LogP contribution in [0.3, 0.4) is 0 Å². The normalized spacial score (nSPS) is 12.1. The van der Waals surface area contributed by atoms with Crippen molar-refractivity contribution < 1.29 is 22.7 Å². The highest BCUT2D eigenvalue weighted by Crippen LogP contribution is 2.19. The van der Waals surface area contributed by atoms with Crippen molar-refractivity contribution in [2.75, 3.05) is 5.32 Å². The van der Waals surface area contributed by atoms with Gasteiger partial charge in [0.2, 0.25) is 5.91 Å². The molecule has 26 heavy (non-hydrogen) atoms. The van der Waals surface area contributed by atoms with E-state index in [4.69, 9.17) is 16.3 Å². The lowest BCUT2D eigenvalue weighted by atomic mass is 10.3. The van der Waals surface area contributed by atoms with Gasteiger partial charge in [0, 0.05) is 17.6 Å². The van der Waals surface area contributed by atoms with E-state index in [2.05, 4.69) is 5.32 Å². The van der Waals surface area contributed by atoms with Gasteiger partial charge in [0.25, 0.3) is 15.9 Å². The highest BCUT2D eigenvalue weighted by atomic mass is 35.5. The Morgan fingerprint density at radius 1 is 1.12 bits per heavy atom. The number of carbonyl (C=O) groups is 2. The molecule has 2 rings (SSSR count). The molecular weight excluding hydrogens is 380 g/mol. The third-order valence-electron chi connectivity index (χ3n) is 3.19. The van der Waals surface area contributed by atoms with Crippen molar-refractivity contribution in [1.82, 2.24) is 4.72 Å². The number of nitrogens with one attached hydrogen (secondary N) is 2. The van der Waals surface area contributed by atoms with Crippen LogP contribution < -0.4 is 14.8 Å². The average Bonchev–Trinajstić information content (AvgIpc) is 2.54. The molecule has 0 aliphatic rings. The SMILES string of the molecule is CC(=O)NS(=O)(=O)c1ccc(NC(=O)C(C)Oc2cccc(Cl)c2)cc1. The van der Waals surface area contributed by atoms with Crippen molar-refractivity contribution in [3.05, 3.63) is 53.6 Å². The highest BCUT2D eigenvalue weighted by Gasteiger charge is 2.17. The molecule has 2 amide bonds. The smallest absolute Gasteiger partial charge is 0.265 e. The van der Waals surface area contributed by atoms with Crippen LogP contribution in [0, 0.1) is 0 Å². The van der Waals surface area contributed by atoms with Gasteiger partial charge in [-0.25, -0.2) is 13.1 Å². The summed E-state index contributed by atoms with van der Waals surface area (Å²) in [4.78, 5) is 23.0. The van der Waals surface area contributed by atoms with Gasteiger partial charge < -0.3 is 10.1 Å². The van der Waals surface area contributed by atoms with Crippen molar-refractivity contribution in [3.8, 4) is 5.75 Å². The van der Waals surface area contributed by atoms with Crippen LogP contribution >= 0.6 is 11.6 Å². The van der Waals surface area contributed by atoms with Crippen LogP contribution in [-0.2, 0) is 19.6 Å². The summed E-state index contributed by atoms with van der Waals surface area (Å²) in [6, 6.07) is 12.1. The van der Waals surface area contributed by atoms with Gasteiger partial charge in [-0.1, -0.05) is 17.7 Å². The highest BCUT2D eigenvalue weighted by molar-refractivity contribution is 7.90. The van der Waals surface area contributed by atoms with Crippen LogP contribution in [-0.4, -0.2) is 26.3 Å². The monoisotopic (exact) mass is 396 g/mol. The van der Waals surface area contributed by atoms with Gasteiger partial charge in [0.05, 0.1) is 4.90 Å². The van der Waals surface area contributed by atoms with Gasteiger partial charge in [0.15, 0.2) is 6.10 Å². The molecule has 0 saturated carbocycles. The first kappa shape index (κ1) is 19.7. The molecule has 7 nitrogen and oxygen atoms in total. The first-order valence-electron chi connectivity index (χ1n) is 7.54. The van der Waals surface area contributed by atoms with Gasteiger partial charge in [-0.05, 0) is 49.4 Å². The number of rotatable bonds is 6. The van der Waals surface area contributed by atoms with Crippen LogP contribution in [0.5, 0.6) is 5.75 Å². The van der Waals surface area contributed by atoms with Crippen LogP contribution in [0.25, 0.3) is 0 Å². The third-order valence-corrected chi connectivity index (χ3v) is 4.87. The molecule has 0 aliphatic carbocycles. The zero-order valence-electron chi connectivity index (χ0n) is 14.0. The van der Waals surface area contributed by atoms with E-state index in [0.717, 1.165) is 6.92 Å². The molecule has 2 aromatic carbocycles. The van der Waals surface area contributed by atoms with Crippen LogP contribution in [0.2, 0.25) is 5.02 Å². The fourth-order valence-corrected chi connectivity index (χ4v) is 3.18. The second-order valence-corrected chi connectivity index (χ2v) is 7.51. The Morgan fingerprint density at radius 3 is 2.35 bits per heavy atom. The molecule has 0 spiro atoms. The Labute approximate surface area is 156 Å². The summed E-state index contributed by atoms with van der Waals surface area (Å²) in [5, 5.41) is 3.11. The minimum absolute atomic E-state index is 0.0890. The quantitative estimate of drug-likeness (QED) is 0.781. The van der Waals surface area contributed by atoms with Crippen molar-refractivity contribution in [2.45, 2.75) is 24.8 Å². The first-order valence-corrected chi connectivity index (χ1v) is 9.40. The lowest BCUT2D eigenvalue weighted by Crippen LogP contribution is -2.30. The standard InChI is InChI=1S/C17H17ClN2O5S/c1-11(25-15-5-3-4-13(18)10-15)17(22)19-14-6-8-16(9-7-14)26(23,24)20-12(2)21/h3-11H,1-2H3,(H,19,22)(H,20,21).